The number of rotatable bonds is 6. The first-order valence-corrected chi connectivity index (χ1v) is 10.6. The van der Waals surface area contributed by atoms with Crippen molar-refractivity contribution in [1.82, 2.24) is 4.31 Å². The van der Waals surface area contributed by atoms with Crippen LogP contribution in [0.15, 0.2) is 45.8 Å². The standard InChI is InChI=1S/C19H23BrN2O3S/c1-5-22(6-2)26(24,25)17-10-13(3)14(4)18(12-17)21-19(23)15-8-7-9-16(20)11-15/h7-12H,5-6H2,1-4H3,(H,21,23). The third-order valence-electron chi connectivity index (χ3n) is 4.32. The lowest BCUT2D eigenvalue weighted by molar-refractivity contribution is 0.102. The maximum Gasteiger partial charge on any atom is 0.255 e. The minimum atomic E-state index is -3.60. The predicted molar refractivity (Wildman–Crippen MR) is 108 cm³/mol. The number of hydrogen-bond donors (Lipinski definition) is 1. The second-order valence-electron chi connectivity index (χ2n) is 5.97. The predicted octanol–water partition coefficient (Wildman–Crippen LogP) is 4.35. The molecule has 0 radical (unpaired) electrons. The van der Waals surface area contributed by atoms with Crippen molar-refractivity contribution < 1.29 is 13.2 Å². The van der Waals surface area contributed by atoms with Crippen LogP contribution in [-0.4, -0.2) is 31.7 Å². The van der Waals surface area contributed by atoms with Gasteiger partial charge in [0.25, 0.3) is 5.91 Å². The van der Waals surface area contributed by atoms with Gasteiger partial charge < -0.3 is 5.32 Å². The number of carbonyl (C=O) groups is 1. The van der Waals surface area contributed by atoms with Crippen LogP contribution in [0.25, 0.3) is 0 Å². The number of carbonyl (C=O) groups excluding carboxylic acids is 1. The van der Waals surface area contributed by atoms with Gasteiger partial charge in [0.2, 0.25) is 10.0 Å². The van der Waals surface area contributed by atoms with E-state index in [-0.39, 0.29) is 10.8 Å². The zero-order valence-corrected chi connectivity index (χ0v) is 17.7. The number of nitrogens with one attached hydrogen (secondary N) is 1. The molecule has 0 aliphatic carbocycles. The lowest BCUT2D eigenvalue weighted by atomic mass is 10.1. The third-order valence-corrected chi connectivity index (χ3v) is 6.84. The summed E-state index contributed by atoms with van der Waals surface area (Å²) in [6.07, 6.45) is 0. The van der Waals surface area contributed by atoms with Crippen LogP contribution in [0.4, 0.5) is 5.69 Å². The molecule has 5 nitrogen and oxygen atoms in total. The van der Waals surface area contributed by atoms with Crippen LogP contribution in [0.3, 0.4) is 0 Å². The summed E-state index contributed by atoms with van der Waals surface area (Å²) >= 11 is 3.35. The summed E-state index contributed by atoms with van der Waals surface area (Å²) in [6.45, 7) is 8.10. The van der Waals surface area contributed by atoms with Gasteiger partial charge in [-0.05, 0) is 55.3 Å². The van der Waals surface area contributed by atoms with E-state index in [1.165, 1.54) is 10.4 Å². The number of benzene rings is 2. The van der Waals surface area contributed by atoms with Gasteiger partial charge in [-0.3, -0.25) is 4.79 Å². The fourth-order valence-electron chi connectivity index (χ4n) is 2.64. The van der Waals surface area contributed by atoms with Crippen molar-refractivity contribution >= 4 is 37.5 Å². The van der Waals surface area contributed by atoms with Crippen molar-refractivity contribution in [2.45, 2.75) is 32.6 Å². The van der Waals surface area contributed by atoms with Crippen molar-refractivity contribution in [1.29, 1.82) is 0 Å². The van der Waals surface area contributed by atoms with E-state index in [9.17, 15) is 13.2 Å². The Morgan fingerprint density at radius 3 is 2.35 bits per heavy atom. The van der Waals surface area contributed by atoms with Crippen molar-refractivity contribution in [3.05, 3.63) is 57.6 Å². The van der Waals surface area contributed by atoms with E-state index in [1.54, 1.807) is 38.1 Å². The van der Waals surface area contributed by atoms with Gasteiger partial charge in [-0.1, -0.05) is 35.8 Å². The highest BCUT2D eigenvalue weighted by Gasteiger charge is 2.23. The van der Waals surface area contributed by atoms with E-state index in [0.29, 0.717) is 24.3 Å². The van der Waals surface area contributed by atoms with E-state index in [4.69, 9.17) is 0 Å². The Hall–Kier alpha value is -1.70. The molecule has 1 amide bonds. The second kappa shape index (κ2) is 8.33. The Labute approximate surface area is 163 Å². The molecule has 0 atom stereocenters. The largest absolute Gasteiger partial charge is 0.322 e. The monoisotopic (exact) mass is 438 g/mol. The van der Waals surface area contributed by atoms with Crippen molar-refractivity contribution in [3.8, 4) is 0 Å². The summed E-state index contributed by atoms with van der Waals surface area (Å²) in [6, 6.07) is 10.2. The molecule has 0 aromatic heterocycles. The van der Waals surface area contributed by atoms with Crippen LogP contribution < -0.4 is 5.32 Å². The van der Waals surface area contributed by atoms with Gasteiger partial charge in [0, 0.05) is 28.8 Å². The van der Waals surface area contributed by atoms with E-state index in [0.717, 1.165) is 15.6 Å². The van der Waals surface area contributed by atoms with Gasteiger partial charge in [0.15, 0.2) is 0 Å². The molecular weight excluding hydrogens is 416 g/mol. The molecule has 0 fully saturated rings. The van der Waals surface area contributed by atoms with E-state index < -0.39 is 10.0 Å². The molecule has 2 rings (SSSR count). The van der Waals surface area contributed by atoms with Gasteiger partial charge in [-0.25, -0.2) is 8.42 Å². The molecule has 7 heteroatoms. The molecule has 0 aliphatic rings. The third kappa shape index (κ3) is 4.34. The molecule has 0 spiro atoms. The highest BCUT2D eigenvalue weighted by molar-refractivity contribution is 9.10. The Balaban J connectivity index is 2.44. The quantitative estimate of drug-likeness (QED) is 0.728. The summed E-state index contributed by atoms with van der Waals surface area (Å²) in [7, 11) is -3.60. The normalized spacial score (nSPS) is 11.6. The van der Waals surface area contributed by atoms with Gasteiger partial charge >= 0.3 is 0 Å². The average Bonchev–Trinajstić information content (AvgIpc) is 2.59. The highest BCUT2D eigenvalue weighted by atomic mass is 79.9. The molecule has 140 valence electrons. The highest BCUT2D eigenvalue weighted by Crippen LogP contribution is 2.27. The number of aryl methyl sites for hydroxylation is 1. The zero-order chi connectivity index (χ0) is 19.5. The van der Waals surface area contributed by atoms with Crippen molar-refractivity contribution in [2.75, 3.05) is 18.4 Å². The average molecular weight is 439 g/mol. The van der Waals surface area contributed by atoms with Crippen LogP contribution >= 0.6 is 15.9 Å². The number of hydrogen-bond acceptors (Lipinski definition) is 3. The smallest absolute Gasteiger partial charge is 0.255 e. The van der Waals surface area contributed by atoms with Crippen LogP contribution in [0.1, 0.15) is 35.3 Å². The fraction of sp³-hybridized carbons (Fsp3) is 0.316. The van der Waals surface area contributed by atoms with Gasteiger partial charge in [0.05, 0.1) is 4.90 Å². The maximum atomic E-state index is 12.8. The lowest BCUT2D eigenvalue weighted by Gasteiger charge is -2.20. The molecule has 2 aromatic carbocycles. The molecule has 0 heterocycles. The van der Waals surface area contributed by atoms with Crippen LogP contribution in [0.2, 0.25) is 0 Å². The minimum Gasteiger partial charge on any atom is -0.322 e. The zero-order valence-electron chi connectivity index (χ0n) is 15.3. The van der Waals surface area contributed by atoms with E-state index in [2.05, 4.69) is 21.2 Å². The Morgan fingerprint density at radius 2 is 1.77 bits per heavy atom. The molecule has 0 bridgehead atoms. The van der Waals surface area contributed by atoms with Gasteiger partial charge in [-0.2, -0.15) is 4.31 Å². The molecule has 26 heavy (non-hydrogen) atoms. The first kappa shape index (κ1) is 20.6. The number of anilines is 1. The van der Waals surface area contributed by atoms with E-state index in [1.807, 2.05) is 19.9 Å². The molecule has 0 saturated carbocycles. The lowest BCUT2D eigenvalue weighted by Crippen LogP contribution is -2.30. The topological polar surface area (TPSA) is 66.5 Å². The first-order chi connectivity index (χ1) is 12.2. The SMILES string of the molecule is CCN(CC)S(=O)(=O)c1cc(C)c(C)c(NC(=O)c2cccc(Br)c2)c1. The maximum absolute atomic E-state index is 12.8. The molecule has 1 N–H and O–H groups in total. The number of halogens is 1. The number of amides is 1. The summed E-state index contributed by atoms with van der Waals surface area (Å²) in [4.78, 5) is 12.7. The molecule has 2 aromatic rings. The van der Waals surface area contributed by atoms with Crippen molar-refractivity contribution in [2.24, 2.45) is 0 Å². The fourth-order valence-corrected chi connectivity index (χ4v) is 4.61. The summed E-state index contributed by atoms with van der Waals surface area (Å²) in [5.74, 6) is -0.286. The van der Waals surface area contributed by atoms with E-state index >= 15 is 0 Å². The van der Waals surface area contributed by atoms with Gasteiger partial charge in [-0.15, -0.1) is 0 Å². The van der Waals surface area contributed by atoms with Gasteiger partial charge in [0.1, 0.15) is 0 Å². The summed E-state index contributed by atoms with van der Waals surface area (Å²) in [5.41, 5.74) is 2.64. The second-order valence-corrected chi connectivity index (χ2v) is 8.82. The number of nitrogens with zero attached hydrogens (tertiary/aromatic N) is 1. The Kier molecular flexibility index (Phi) is 6.60. The minimum absolute atomic E-state index is 0.189. The summed E-state index contributed by atoms with van der Waals surface area (Å²) in [5, 5.41) is 2.84. The molecule has 0 saturated heterocycles. The summed E-state index contributed by atoms with van der Waals surface area (Å²) < 4.78 is 27.8. The van der Waals surface area contributed by atoms with Crippen LogP contribution in [0, 0.1) is 13.8 Å². The molecule has 0 unspecified atom stereocenters. The van der Waals surface area contributed by atoms with Crippen LogP contribution in [0.5, 0.6) is 0 Å². The van der Waals surface area contributed by atoms with Crippen LogP contribution in [-0.2, 0) is 10.0 Å². The molecule has 0 aliphatic heterocycles. The Bertz CT molecular complexity index is 922. The number of sulfonamides is 1. The first-order valence-electron chi connectivity index (χ1n) is 8.39. The van der Waals surface area contributed by atoms with Crippen molar-refractivity contribution in [3.63, 3.8) is 0 Å². The Morgan fingerprint density at radius 1 is 1.12 bits per heavy atom. The molecular formula is C19H23BrN2O3S.